The van der Waals surface area contributed by atoms with Crippen molar-refractivity contribution in [1.29, 1.82) is 0 Å². The van der Waals surface area contributed by atoms with E-state index in [0.29, 0.717) is 12.5 Å². The van der Waals surface area contributed by atoms with E-state index in [-0.39, 0.29) is 11.9 Å². The standard InChI is InChI=1S/C17H23N3O2/c21-16-7-4-12-20(16)15-10-8-14(9-11-15)19-17(22)18-13-5-2-1-3-6-13/h8-11,13H,1-7,12H2,(H2,18,19,22). The van der Waals surface area contributed by atoms with Gasteiger partial charge in [-0.05, 0) is 43.5 Å². The Kier molecular flexibility index (Phi) is 4.61. The number of carbonyl (C=O) groups excluding carboxylic acids is 2. The van der Waals surface area contributed by atoms with Crippen LogP contribution in [0, 0.1) is 0 Å². The van der Waals surface area contributed by atoms with Crippen LogP contribution in [0.4, 0.5) is 16.2 Å². The molecular weight excluding hydrogens is 278 g/mol. The monoisotopic (exact) mass is 301 g/mol. The third kappa shape index (κ3) is 3.59. The first-order chi connectivity index (χ1) is 10.7. The highest BCUT2D eigenvalue weighted by atomic mass is 16.2. The van der Waals surface area contributed by atoms with Crippen LogP contribution >= 0.6 is 0 Å². The second-order valence-electron chi connectivity index (χ2n) is 6.13. The van der Waals surface area contributed by atoms with Crippen molar-refractivity contribution < 1.29 is 9.59 Å². The molecule has 2 N–H and O–H groups in total. The summed E-state index contributed by atoms with van der Waals surface area (Å²) in [5, 5.41) is 5.89. The molecule has 0 radical (unpaired) electrons. The highest BCUT2D eigenvalue weighted by Gasteiger charge is 2.21. The first kappa shape index (κ1) is 14.9. The van der Waals surface area contributed by atoms with Gasteiger partial charge in [0.2, 0.25) is 5.91 Å². The predicted molar refractivity (Wildman–Crippen MR) is 87.1 cm³/mol. The molecule has 3 rings (SSSR count). The van der Waals surface area contributed by atoms with Gasteiger partial charge >= 0.3 is 6.03 Å². The molecular formula is C17H23N3O2. The van der Waals surface area contributed by atoms with E-state index in [1.807, 2.05) is 24.3 Å². The molecule has 5 heteroatoms. The fourth-order valence-electron chi connectivity index (χ4n) is 3.25. The van der Waals surface area contributed by atoms with Gasteiger partial charge in [0.25, 0.3) is 0 Å². The van der Waals surface area contributed by atoms with E-state index in [9.17, 15) is 9.59 Å². The van der Waals surface area contributed by atoms with E-state index < -0.39 is 0 Å². The van der Waals surface area contributed by atoms with Gasteiger partial charge < -0.3 is 15.5 Å². The lowest BCUT2D eigenvalue weighted by Crippen LogP contribution is -2.39. The largest absolute Gasteiger partial charge is 0.335 e. The second kappa shape index (κ2) is 6.81. The van der Waals surface area contributed by atoms with Crippen molar-refractivity contribution in [2.45, 2.75) is 51.0 Å². The smallest absolute Gasteiger partial charge is 0.319 e. The number of rotatable bonds is 3. The Hall–Kier alpha value is -2.04. The van der Waals surface area contributed by atoms with Crippen molar-refractivity contribution in [3.63, 3.8) is 0 Å². The summed E-state index contributed by atoms with van der Waals surface area (Å²) in [5.41, 5.74) is 1.66. The highest BCUT2D eigenvalue weighted by molar-refractivity contribution is 5.96. The number of benzene rings is 1. The Morgan fingerprint density at radius 2 is 1.77 bits per heavy atom. The van der Waals surface area contributed by atoms with E-state index in [1.54, 1.807) is 4.90 Å². The van der Waals surface area contributed by atoms with Crippen LogP contribution in [0.25, 0.3) is 0 Å². The number of urea groups is 1. The van der Waals surface area contributed by atoms with Gasteiger partial charge in [-0.25, -0.2) is 4.79 Å². The fraction of sp³-hybridized carbons (Fsp3) is 0.529. The number of carbonyl (C=O) groups is 2. The van der Waals surface area contributed by atoms with E-state index in [4.69, 9.17) is 0 Å². The third-order valence-corrected chi connectivity index (χ3v) is 4.45. The van der Waals surface area contributed by atoms with E-state index in [1.165, 1.54) is 19.3 Å². The SMILES string of the molecule is O=C(Nc1ccc(N2CCCC2=O)cc1)NC1CCCCC1. The van der Waals surface area contributed by atoms with Gasteiger partial charge in [0.1, 0.15) is 0 Å². The van der Waals surface area contributed by atoms with Crippen molar-refractivity contribution in [3.8, 4) is 0 Å². The average molecular weight is 301 g/mol. The van der Waals surface area contributed by atoms with Gasteiger partial charge in [-0.15, -0.1) is 0 Å². The van der Waals surface area contributed by atoms with Gasteiger partial charge in [0.15, 0.2) is 0 Å². The van der Waals surface area contributed by atoms with E-state index in [0.717, 1.165) is 37.2 Å². The Labute approximate surface area is 131 Å². The van der Waals surface area contributed by atoms with Crippen LogP contribution in [0.1, 0.15) is 44.9 Å². The minimum Gasteiger partial charge on any atom is -0.335 e. The lowest BCUT2D eigenvalue weighted by atomic mass is 9.96. The number of nitrogens with zero attached hydrogens (tertiary/aromatic N) is 1. The summed E-state index contributed by atoms with van der Waals surface area (Å²) in [5.74, 6) is 0.177. The summed E-state index contributed by atoms with van der Waals surface area (Å²) in [6.07, 6.45) is 7.36. The van der Waals surface area contributed by atoms with E-state index >= 15 is 0 Å². The van der Waals surface area contributed by atoms with Crippen molar-refractivity contribution in [3.05, 3.63) is 24.3 Å². The Morgan fingerprint density at radius 3 is 2.41 bits per heavy atom. The summed E-state index contributed by atoms with van der Waals surface area (Å²) >= 11 is 0. The zero-order valence-electron chi connectivity index (χ0n) is 12.8. The highest BCUT2D eigenvalue weighted by Crippen LogP contribution is 2.23. The Bertz CT molecular complexity index is 535. The molecule has 1 aromatic rings. The van der Waals surface area contributed by atoms with Crippen molar-refractivity contribution in [2.75, 3.05) is 16.8 Å². The molecule has 1 aliphatic carbocycles. The van der Waals surface area contributed by atoms with Gasteiger partial charge in [0.05, 0.1) is 0 Å². The zero-order chi connectivity index (χ0) is 15.4. The summed E-state index contributed by atoms with van der Waals surface area (Å²) in [6.45, 7) is 0.785. The normalized spacial score (nSPS) is 19.3. The lowest BCUT2D eigenvalue weighted by Gasteiger charge is -2.23. The van der Waals surface area contributed by atoms with Gasteiger partial charge in [-0.1, -0.05) is 19.3 Å². The lowest BCUT2D eigenvalue weighted by molar-refractivity contribution is -0.117. The minimum atomic E-state index is -0.142. The molecule has 1 aliphatic heterocycles. The molecule has 2 fully saturated rings. The summed E-state index contributed by atoms with van der Waals surface area (Å²) in [4.78, 5) is 25.5. The van der Waals surface area contributed by atoms with Crippen molar-refractivity contribution in [2.24, 2.45) is 0 Å². The molecule has 1 saturated carbocycles. The summed E-state index contributed by atoms with van der Waals surface area (Å²) < 4.78 is 0. The second-order valence-corrected chi connectivity index (χ2v) is 6.13. The molecule has 118 valence electrons. The Morgan fingerprint density at radius 1 is 1.05 bits per heavy atom. The maximum Gasteiger partial charge on any atom is 0.319 e. The molecule has 0 atom stereocenters. The van der Waals surface area contributed by atoms with Crippen molar-refractivity contribution >= 4 is 23.3 Å². The molecule has 5 nitrogen and oxygen atoms in total. The van der Waals surface area contributed by atoms with Crippen LogP contribution in [0.15, 0.2) is 24.3 Å². The van der Waals surface area contributed by atoms with Crippen molar-refractivity contribution in [1.82, 2.24) is 5.32 Å². The van der Waals surface area contributed by atoms with Gasteiger partial charge in [-0.3, -0.25) is 4.79 Å². The number of hydrogen-bond donors (Lipinski definition) is 2. The maximum atomic E-state index is 12.0. The maximum absolute atomic E-state index is 12.0. The zero-order valence-corrected chi connectivity index (χ0v) is 12.8. The van der Waals surface area contributed by atoms with Crippen LogP contribution in [0.3, 0.4) is 0 Å². The average Bonchev–Trinajstić information content (AvgIpc) is 2.95. The molecule has 2 aliphatic rings. The summed E-state index contributed by atoms with van der Waals surface area (Å²) in [7, 11) is 0. The molecule has 3 amide bonds. The predicted octanol–water partition coefficient (Wildman–Crippen LogP) is 3.27. The van der Waals surface area contributed by atoms with Crippen LogP contribution in [0.2, 0.25) is 0 Å². The van der Waals surface area contributed by atoms with Crippen LogP contribution < -0.4 is 15.5 Å². The third-order valence-electron chi connectivity index (χ3n) is 4.45. The molecule has 22 heavy (non-hydrogen) atoms. The molecule has 0 spiro atoms. The molecule has 1 heterocycles. The molecule has 1 saturated heterocycles. The van der Waals surface area contributed by atoms with Crippen LogP contribution in [0.5, 0.6) is 0 Å². The van der Waals surface area contributed by atoms with Crippen LogP contribution in [-0.2, 0) is 4.79 Å². The van der Waals surface area contributed by atoms with Gasteiger partial charge in [-0.2, -0.15) is 0 Å². The number of anilines is 2. The van der Waals surface area contributed by atoms with E-state index in [2.05, 4.69) is 10.6 Å². The molecule has 1 aromatic carbocycles. The molecule has 0 bridgehead atoms. The Balaban J connectivity index is 1.54. The topological polar surface area (TPSA) is 61.4 Å². The van der Waals surface area contributed by atoms with Gasteiger partial charge in [0, 0.05) is 30.4 Å². The number of amides is 3. The van der Waals surface area contributed by atoms with Crippen LogP contribution in [-0.4, -0.2) is 24.5 Å². The quantitative estimate of drug-likeness (QED) is 0.900. The number of nitrogens with one attached hydrogen (secondary N) is 2. The first-order valence-electron chi connectivity index (χ1n) is 8.20. The number of hydrogen-bond acceptors (Lipinski definition) is 2. The molecule has 0 aromatic heterocycles. The summed E-state index contributed by atoms with van der Waals surface area (Å²) in [6, 6.07) is 7.63. The fourth-order valence-corrected chi connectivity index (χ4v) is 3.25. The molecule has 0 unspecified atom stereocenters. The first-order valence-corrected chi connectivity index (χ1v) is 8.20. The minimum absolute atomic E-state index is 0.142.